The second kappa shape index (κ2) is 8.10. The minimum Gasteiger partial charge on any atom is -0.489 e. The second-order valence-electron chi connectivity index (χ2n) is 6.63. The van der Waals surface area contributed by atoms with Crippen molar-refractivity contribution in [2.75, 3.05) is 6.79 Å². The number of hydrogen-bond acceptors (Lipinski definition) is 5. The van der Waals surface area contributed by atoms with Gasteiger partial charge in [0.15, 0.2) is 11.5 Å². The molecule has 0 unspecified atom stereocenters. The van der Waals surface area contributed by atoms with Crippen molar-refractivity contribution in [3.63, 3.8) is 0 Å². The monoisotopic (exact) mass is 356 g/mol. The zero-order chi connectivity index (χ0) is 18.5. The maximum Gasteiger partial charge on any atom is 0.234 e. The summed E-state index contributed by atoms with van der Waals surface area (Å²) in [4.78, 5) is 11.5. The van der Waals surface area contributed by atoms with Crippen LogP contribution >= 0.6 is 0 Å². The van der Waals surface area contributed by atoms with Crippen LogP contribution in [0.2, 0.25) is 0 Å². The lowest BCUT2D eigenvalue weighted by atomic mass is 10.0. The molecule has 2 aromatic rings. The molecule has 0 fully saturated rings. The standard InChI is InChI=1S/C20H24N2O4/c1-13(2)19(20(21)23)22-10-14-4-3-5-15(8-14)11-24-16-6-7-17-18(9-16)26-12-25-17/h3-9,13,19,22H,10-12H2,1-2H3,(H2,21,23)/t19-/m0/s1. The molecule has 0 saturated carbocycles. The van der Waals surface area contributed by atoms with E-state index in [-0.39, 0.29) is 24.7 Å². The van der Waals surface area contributed by atoms with Gasteiger partial charge in [0, 0.05) is 12.6 Å². The van der Waals surface area contributed by atoms with Crippen LogP contribution in [0.15, 0.2) is 42.5 Å². The Kier molecular flexibility index (Phi) is 5.63. The molecule has 0 spiro atoms. The van der Waals surface area contributed by atoms with Gasteiger partial charge >= 0.3 is 0 Å². The first-order chi connectivity index (χ1) is 12.5. The Bertz CT molecular complexity index is 776. The molecule has 1 aliphatic heterocycles. The van der Waals surface area contributed by atoms with Gasteiger partial charge in [-0.05, 0) is 29.2 Å². The molecule has 1 aliphatic rings. The third-order valence-corrected chi connectivity index (χ3v) is 4.24. The van der Waals surface area contributed by atoms with Gasteiger partial charge in [0.2, 0.25) is 12.7 Å². The van der Waals surface area contributed by atoms with Gasteiger partial charge in [-0.15, -0.1) is 0 Å². The lowest BCUT2D eigenvalue weighted by Gasteiger charge is -2.19. The quantitative estimate of drug-likeness (QED) is 0.760. The molecule has 6 nitrogen and oxygen atoms in total. The number of nitrogens with two attached hydrogens (primary N) is 1. The largest absolute Gasteiger partial charge is 0.489 e. The van der Waals surface area contributed by atoms with Crippen LogP contribution < -0.4 is 25.3 Å². The molecule has 1 atom stereocenters. The van der Waals surface area contributed by atoms with Crippen molar-refractivity contribution >= 4 is 5.91 Å². The van der Waals surface area contributed by atoms with E-state index in [2.05, 4.69) is 11.4 Å². The smallest absolute Gasteiger partial charge is 0.234 e. The van der Waals surface area contributed by atoms with E-state index in [9.17, 15) is 4.79 Å². The van der Waals surface area contributed by atoms with Crippen molar-refractivity contribution in [2.45, 2.75) is 33.0 Å². The first-order valence-corrected chi connectivity index (χ1v) is 8.66. The van der Waals surface area contributed by atoms with E-state index in [1.807, 2.05) is 50.2 Å². The zero-order valence-electron chi connectivity index (χ0n) is 15.0. The van der Waals surface area contributed by atoms with Crippen LogP contribution in [0, 0.1) is 5.92 Å². The fourth-order valence-corrected chi connectivity index (χ4v) is 2.86. The minimum atomic E-state index is -0.344. The molecule has 26 heavy (non-hydrogen) atoms. The third-order valence-electron chi connectivity index (χ3n) is 4.24. The normalized spacial score (nSPS) is 13.7. The number of fused-ring (bicyclic) bond motifs is 1. The van der Waals surface area contributed by atoms with Crippen LogP contribution in [0.4, 0.5) is 0 Å². The number of rotatable bonds is 8. The molecule has 1 amide bonds. The molecular weight excluding hydrogens is 332 g/mol. The molecule has 0 radical (unpaired) electrons. The van der Waals surface area contributed by atoms with Gasteiger partial charge in [0.1, 0.15) is 12.4 Å². The van der Waals surface area contributed by atoms with E-state index in [0.29, 0.717) is 18.9 Å². The highest BCUT2D eigenvalue weighted by molar-refractivity contribution is 5.80. The number of carbonyl (C=O) groups excluding carboxylic acids is 1. The maximum atomic E-state index is 11.5. The zero-order valence-corrected chi connectivity index (χ0v) is 15.0. The molecular formula is C20H24N2O4. The van der Waals surface area contributed by atoms with Crippen LogP contribution in [0.3, 0.4) is 0 Å². The molecule has 0 saturated heterocycles. The Morgan fingerprint density at radius 2 is 1.92 bits per heavy atom. The first-order valence-electron chi connectivity index (χ1n) is 8.66. The lowest BCUT2D eigenvalue weighted by molar-refractivity contribution is -0.121. The van der Waals surface area contributed by atoms with Crippen LogP contribution in [0.1, 0.15) is 25.0 Å². The van der Waals surface area contributed by atoms with E-state index in [1.165, 1.54) is 0 Å². The minimum absolute atomic E-state index is 0.144. The predicted octanol–water partition coefficient (Wildman–Crippen LogP) is 2.59. The highest BCUT2D eigenvalue weighted by atomic mass is 16.7. The van der Waals surface area contributed by atoms with Crippen molar-refractivity contribution < 1.29 is 19.0 Å². The molecule has 0 bridgehead atoms. The van der Waals surface area contributed by atoms with E-state index >= 15 is 0 Å². The number of amides is 1. The van der Waals surface area contributed by atoms with Crippen LogP contribution in [0.5, 0.6) is 17.2 Å². The summed E-state index contributed by atoms with van der Waals surface area (Å²) >= 11 is 0. The Balaban J connectivity index is 1.58. The van der Waals surface area contributed by atoms with Gasteiger partial charge in [-0.2, -0.15) is 0 Å². The van der Waals surface area contributed by atoms with Gasteiger partial charge in [0.25, 0.3) is 0 Å². The number of carbonyl (C=O) groups is 1. The summed E-state index contributed by atoms with van der Waals surface area (Å²) in [6.45, 7) is 5.20. The molecule has 0 aliphatic carbocycles. The Morgan fingerprint density at radius 3 is 2.69 bits per heavy atom. The highest BCUT2D eigenvalue weighted by Crippen LogP contribution is 2.35. The summed E-state index contributed by atoms with van der Waals surface area (Å²) in [5.74, 6) is 1.98. The number of primary amides is 1. The first kappa shape index (κ1) is 18.1. The van der Waals surface area contributed by atoms with Crippen molar-refractivity contribution in [1.29, 1.82) is 0 Å². The SMILES string of the molecule is CC(C)[C@H](NCc1cccc(COc2ccc3c(c2)OCO3)c1)C(N)=O. The number of benzene rings is 2. The molecule has 0 aromatic heterocycles. The molecule has 138 valence electrons. The Morgan fingerprint density at radius 1 is 1.15 bits per heavy atom. The van der Waals surface area contributed by atoms with Gasteiger partial charge in [-0.3, -0.25) is 4.79 Å². The summed E-state index contributed by atoms with van der Waals surface area (Å²) in [7, 11) is 0. The summed E-state index contributed by atoms with van der Waals surface area (Å²) in [5.41, 5.74) is 7.56. The van der Waals surface area contributed by atoms with Gasteiger partial charge in [-0.1, -0.05) is 38.1 Å². The van der Waals surface area contributed by atoms with Gasteiger partial charge < -0.3 is 25.3 Å². The molecule has 2 aromatic carbocycles. The average Bonchev–Trinajstić information content (AvgIpc) is 3.07. The summed E-state index contributed by atoms with van der Waals surface area (Å²) in [5, 5.41) is 3.22. The number of hydrogen-bond donors (Lipinski definition) is 2. The van der Waals surface area contributed by atoms with Crippen molar-refractivity contribution in [2.24, 2.45) is 11.7 Å². The van der Waals surface area contributed by atoms with E-state index in [0.717, 1.165) is 22.6 Å². The number of ether oxygens (including phenoxy) is 3. The molecule has 3 rings (SSSR count). The summed E-state index contributed by atoms with van der Waals surface area (Å²) < 4.78 is 16.5. The predicted molar refractivity (Wildman–Crippen MR) is 98.0 cm³/mol. The van der Waals surface area contributed by atoms with E-state index < -0.39 is 0 Å². The highest BCUT2D eigenvalue weighted by Gasteiger charge is 2.18. The van der Waals surface area contributed by atoms with E-state index in [1.54, 1.807) is 0 Å². The fourth-order valence-electron chi connectivity index (χ4n) is 2.86. The molecule has 3 N–H and O–H groups in total. The summed E-state index contributed by atoms with van der Waals surface area (Å²) in [6.07, 6.45) is 0. The van der Waals surface area contributed by atoms with Crippen molar-refractivity contribution in [1.82, 2.24) is 5.32 Å². The maximum absolute atomic E-state index is 11.5. The van der Waals surface area contributed by atoms with Crippen LogP contribution in [-0.2, 0) is 17.9 Å². The molecule has 6 heteroatoms. The van der Waals surface area contributed by atoms with Crippen molar-refractivity contribution in [3.05, 3.63) is 53.6 Å². The van der Waals surface area contributed by atoms with Crippen LogP contribution in [-0.4, -0.2) is 18.7 Å². The average molecular weight is 356 g/mol. The topological polar surface area (TPSA) is 82.8 Å². The molecule has 1 heterocycles. The fraction of sp³-hybridized carbons (Fsp3) is 0.350. The Hall–Kier alpha value is -2.73. The van der Waals surface area contributed by atoms with Crippen molar-refractivity contribution in [3.8, 4) is 17.2 Å². The second-order valence-corrected chi connectivity index (χ2v) is 6.63. The Labute approximate surface area is 153 Å². The van der Waals surface area contributed by atoms with E-state index in [4.69, 9.17) is 19.9 Å². The number of nitrogens with one attached hydrogen (secondary N) is 1. The lowest BCUT2D eigenvalue weighted by Crippen LogP contribution is -2.44. The van der Waals surface area contributed by atoms with Gasteiger partial charge in [-0.25, -0.2) is 0 Å². The third kappa shape index (κ3) is 4.46. The van der Waals surface area contributed by atoms with Gasteiger partial charge in [0.05, 0.1) is 6.04 Å². The van der Waals surface area contributed by atoms with Crippen LogP contribution in [0.25, 0.3) is 0 Å². The summed E-state index contributed by atoms with van der Waals surface area (Å²) in [6, 6.07) is 13.2.